The lowest BCUT2D eigenvalue weighted by Gasteiger charge is -2.31. The van der Waals surface area contributed by atoms with Crippen molar-refractivity contribution in [2.75, 3.05) is 0 Å². The summed E-state index contributed by atoms with van der Waals surface area (Å²) in [6.07, 6.45) is 8.63. The maximum absolute atomic E-state index is 12.2. The Kier molecular flexibility index (Phi) is 3.93. The molecular weight excluding hydrogens is 234 g/mol. The molecule has 0 aromatic carbocycles. The van der Waals surface area contributed by atoms with Crippen molar-refractivity contribution in [2.45, 2.75) is 63.3 Å². The van der Waals surface area contributed by atoms with Gasteiger partial charge in [-0.1, -0.05) is 0 Å². The van der Waals surface area contributed by atoms with Gasteiger partial charge in [0, 0.05) is 0 Å². The van der Waals surface area contributed by atoms with E-state index in [2.05, 4.69) is 10.8 Å². The fourth-order valence-electron chi connectivity index (χ4n) is 2.05. The third-order valence-corrected chi connectivity index (χ3v) is 4.90. The first-order valence-electron chi connectivity index (χ1n) is 6.47. The quantitative estimate of drug-likeness (QED) is 0.840. The van der Waals surface area contributed by atoms with E-state index in [0.717, 1.165) is 12.8 Å². The second-order valence-corrected chi connectivity index (χ2v) is 7.98. The van der Waals surface area contributed by atoms with Crippen molar-refractivity contribution in [1.82, 2.24) is 4.72 Å². The molecule has 0 bridgehead atoms. The molecule has 1 saturated carbocycles. The Morgan fingerprint density at radius 2 is 2.06 bits per heavy atom. The molecule has 1 aliphatic heterocycles. The third kappa shape index (κ3) is 3.55. The van der Waals surface area contributed by atoms with E-state index in [0.29, 0.717) is 5.92 Å². The van der Waals surface area contributed by atoms with Crippen molar-refractivity contribution in [3.8, 4) is 0 Å². The van der Waals surface area contributed by atoms with Crippen LogP contribution in [0.1, 0.15) is 46.5 Å². The Balaban J connectivity index is 1.98. The van der Waals surface area contributed by atoms with E-state index in [-0.39, 0.29) is 16.9 Å². The Morgan fingerprint density at radius 3 is 2.53 bits per heavy atom. The topological polar surface area (TPSA) is 38.3 Å². The lowest BCUT2D eigenvalue weighted by Crippen LogP contribution is -2.48. The average Bonchev–Trinajstić information content (AvgIpc) is 3.09. The maximum Gasteiger partial charge on any atom is 0.115 e. The molecule has 1 fully saturated rings. The maximum atomic E-state index is 12.2. The van der Waals surface area contributed by atoms with Crippen molar-refractivity contribution >= 4 is 11.0 Å². The lowest BCUT2D eigenvalue weighted by molar-refractivity contribution is 0.0864. The first-order valence-corrected chi connectivity index (χ1v) is 7.62. The molecule has 0 saturated heterocycles. The molecular formula is C13H23NO2S. The van der Waals surface area contributed by atoms with E-state index >= 15 is 0 Å². The lowest BCUT2D eigenvalue weighted by atomic mass is 10.0. The molecule has 0 amide bonds. The highest BCUT2D eigenvalue weighted by atomic mass is 32.2. The van der Waals surface area contributed by atoms with Crippen molar-refractivity contribution in [3.05, 3.63) is 12.3 Å². The van der Waals surface area contributed by atoms with Crippen LogP contribution < -0.4 is 4.72 Å². The molecule has 4 heteroatoms. The molecule has 0 aromatic heterocycles. The minimum atomic E-state index is -1.00. The van der Waals surface area contributed by atoms with Gasteiger partial charge in [0.1, 0.15) is 6.10 Å². The predicted molar refractivity (Wildman–Crippen MR) is 70.8 cm³/mol. The van der Waals surface area contributed by atoms with Gasteiger partial charge in [0.25, 0.3) is 0 Å². The molecule has 3 nitrogen and oxygen atoms in total. The molecule has 17 heavy (non-hydrogen) atoms. The molecule has 2 aliphatic rings. The fourth-order valence-corrected chi connectivity index (χ4v) is 2.99. The zero-order valence-electron chi connectivity index (χ0n) is 10.9. The zero-order valence-corrected chi connectivity index (χ0v) is 11.8. The third-order valence-electron chi connectivity index (χ3n) is 3.30. The highest BCUT2D eigenvalue weighted by Gasteiger charge is 2.39. The van der Waals surface area contributed by atoms with E-state index in [1.54, 1.807) is 6.26 Å². The number of ether oxygens (including phenoxy) is 1. The molecule has 1 heterocycles. The summed E-state index contributed by atoms with van der Waals surface area (Å²) in [6.45, 7) is 6.01. The minimum Gasteiger partial charge on any atom is -0.497 e. The summed E-state index contributed by atoms with van der Waals surface area (Å²) in [6, 6.07) is 0.250. The van der Waals surface area contributed by atoms with Crippen molar-refractivity contribution in [3.63, 3.8) is 0 Å². The van der Waals surface area contributed by atoms with Gasteiger partial charge in [-0.3, -0.25) is 0 Å². The number of rotatable bonds is 4. The monoisotopic (exact) mass is 257 g/mol. The Morgan fingerprint density at radius 1 is 1.35 bits per heavy atom. The van der Waals surface area contributed by atoms with Crippen LogP contribution in [0.5, 0.6) is 0 Å². The first-order chi connectivity index (χ1) is 7.98. The molecule has 2 rings (SSSR count). The van der Waals surface area contributed by atoms with E-state index in [9.17, 15) is 4.21 Å². The molecule has 0 aromatic rings. The minimum absolute atomic E-state index is 0.193. The number of hydrogen-bond acceptors (Lipinski definition) is 2. The predicted octanol–water partition coefficient (Wildman–Crippen LogP) is 2.51. The van der Waals surface area contributed by atoms with Gasteiger partial charge >= 0.3 is 0 Å². The van der Waals surface area contributed by atoms with Crippen LogP contribution in [-0.4, -0.2) is 21.1 Å². The van der Waals surface area contributed by atoms with Crippen molar-refractivity contribution in [2.24, 2.45) is 5.92 Å². The summed E-state index contributed by atoms with van der Waals surface area (Å²) >= 11 is 0. The SMILES string of the molecule is CC(C)(C)S(=O)N[C@H](C1CC1)[C@@H]1CCC=CO1. The second-order valence-electron chi connectivity index (χ2n) is 5.99. The van der Waals surface area contributed by atoms with Crippen LogP contribution in [-0.2, 0) is 15.7 Å². The highest BCUT2D eigenvalue weighted by Crippen LogP contribution is 2.37. The van der Waals surface area contributed by atoms with Crippen molar-refractivity contribution in [1.29, 1.82) is 0 Å². The van der Waals surface area contributed by atoms with Gasteiger partial charge in [-0.15, -0.1) is 0 Å². The van der Waals surface area contributed by atoms with Crippen LogP contribution in [0, 0.1) is 5.92 Å². The van der Waals surface area contributed by atoms with E-state index in [1.165, 1.54) is 12.8 Å². The summed E-state index contributed by atoms with van der Waals surface area (Å²) in [4.78, 5) is 0. The van der Waals surface area contributed by atoms with Gasteiger partial charge in [-0.2, -0.15) is 0 Å². The molecule has 0 spiro atoms. The molecule has 3 atom stereocenters. The Hall–Kier alpha value is -0.350. The molecule has 98 valence electrons. The van der Waals surface area contributed by atoms with Crippen LogP contribution in [0.25, 0.3) is 0 Å². The summed E-state index contributed by atoms with van der Waals surface area (Å²) in [7, 11) is -1.00. The highest BCUT2D eigenvalue weighted by molar-refractivity contribution is 7.84. The zero-order chi connectivity index (χ0) is 12.5. The summed E-state index contributed by atoms with van der Waals surface area (Å²) in [5.41, 5.74) is 0. The van der Waals surface area contributed by atoms with Gasteiger partial charge < -0.3 is 4.74 Å². The normalized spacial score (nSPS) is 28.5. The van der Waals surface area contributed by atoms with Crippen LogP contribution >= 0.6 is 0 Å². The van der Waals surface area contributed by atoms with Crippen molar-refractivity contribution < 1.29 is 8.95 Å². The standard InChI is InChI=1S/C13H23NO2S/c1-13(2,3)17(15)14-12(10-7-8-10)11-6-4-5-9-16-11/h5,9-12,14H,4,6-8H2,1-3H3/t11-,12+,17?/m0/s1. The average molecular weight is 257 g/mol. The Bertz CT molecular complexity index is 318. The van der Waals surface area contributed by atoms with Gasteiger partial charge in [0.2, 0.25) is 0 Å². The van der Waals surface area contributed by atoms with E-state index in [4.69, 9.17) is 4.74 Å². The van der Waals surface area contributed by atoms with Crippen LogP contribution in [0.2, 0.25) is 0 Å². The second kappa shape index (κ2) is 5.11. The van der Waals surface area contributed by atoms with Crippen LogP contribution in [0.3, 0.4) is 0 Å². The Labute approximate surface area is 107 Å². The molecule has 1 aliphatic carbocycles. The largest absolute Gasteiger partial charge is 0.497 e. The van der Waals surface area contributed by atoms with Gasteiger partial charge in [-0.25, -0.2) is 8.93 Å². The summed E-state index contributed by atoms with van der Waals surface area (Å²) in [5.74, 6) is 0.651. The van der Waals surface area contributed by atoms with Gasteiger partial charge in [-0.05, 0) is 58.4 Å². The fraction of sp³-hybridized carbons (Fsp3) is 0.846. The smallest absolute Gasteiger partial charge is 0.115 e. The summed E-state index contributed by atoms with van der Waals surface area (Å²) < 4.78 is 20.9. The van der Waals surface area contributed by atoms with Gasteiger partial charge in [0.15, 0.2) is 0 Å². The van der Waals surface area contributed by atoms with Crippen LogP contribution in [0.4, 0.5) is 0 Å². The van der Waals surface area contributed by atoms with Gasteiger partial charge in [0.05, 0.1) is 28.0 Å². The summed E-state index contributed by atoms with van der Waals surface area (Å²) in [5, 5.41) is 0. The number of nitrogens with one attached hydrogen (secondary N) is 1. The van der Waals surface area contributed by atoms with E-state index in [1.807, 2.05) is 20.8 Å². The molecule has 1 unspecified atom stereocenters. The molecule has 0 radical (unpaired) electrons. The molecule has 1 N–H and O–H groups in total. The first kappa shape index (κ1) is 13.1. The number of hydrogen-bond donors (Lipinski definition) is 1. The number of allylic oxidation sites excluding steroid dienone is 1. The van der Waals surface area contributed by atoms with E-state index < -0.39 is 11.0 Å². The van der Waals surface area contributed by atoms with Crippen LogP contribution in [0.15, 0.2) is 12.3 Å².